The van der Waals surface area contributed by atoms with Crippen molar-refractivity contribution in [1.29, 1.82) is 0 Å². The van der Waals surface area contributed by atoms with Gasteiger partial charge in [0.25, 0.3) is 0 Å². The Morgan fingerprint density at radius 1 is 0.232 bits per heavy atom. The van der Waals surface area contributed by atoms with Crippen molar-refractivity contribution in [3.63, 3.8) is 0 Å². The SMILES string of the molecule is C[Si](C)(C)O[Si]12O[Si]3(O)O[Si]4(O[Si](C)(C)C)O[Si](O[Si](C)(C)C)(O1)O[Si]1(O[Si](C)(C)C)O[Si](O[Si](C)(C)C)(O2)O[Si](O[Si](C)(C)C)(O3)O[Si](O[Si](C)(C)C)(O4)O1. The van der Waals surface area contributed by atoms with Crippen LogP contribution in [0.1, 0.15) is 0 Å². The van der Waals surface area contributed by atoms with E-state index in [0.29, 0.717) is 0 Å². The molecule has 0 atom stereocenters. The van der Waals surface area contributed by atoms with E-state index < -0.39 is 131 Å². The van der Waals surface area contributed by atoms with Crippen molar-refractivity contribution in [3.8, 4) is 0 Å². The Hall–Kier alpha value is 2.45. The zero-order valence-electron chi connectivity index (χ0n) is 36.7. The molecule has 6 aliphatic heterocycles. The molecule has 0 saturated carbocycles. The van der Waals surface area contributed by atoms with Crippen LogP contribution in [0.15, 0.2) is 0 Å². The summed E-state index contributed by atoms with van der Waals surface area (Å²) in [6.07, 6.45) is 0. The highest BCUT2D eigenvalue weighted by atomic mass is 28.7. The minimum atomic E-state index is -5.37. The maximum atomic E-state index is 12.9. The van der Waals surface area contributed by atoms with Crippen LogP contribution in [-0.2, 0) is 78.2 Å². The van der Waals surface area contributed by atoms with Crippen molar-refractivity contribution in [2.24, 2.45) is 0 Å². The second-order valence-electron chi connectivity index (χ2n) is 20.7. The van der Waals surface area contributed by atoms with Crippen LogP contribution < -0.4 is 0 Å². The molecule has 8 bridgehead atoms. The molecule has 20 nitrogen and oxygen atoms in total. The van der Waals surface area contributed by atoms with Gasteiger partial charge in [0.1, 0.15) is 0 Å². The van der Waals surface area contributed by atoms with Crippen molar-refractivity contribution >= 4 is 131 Å². The Kier molecular flexibility index (Phi) is 13.0. The van der Waals surface area contributed by atoms with E-state index in [1.54, 1.807) is 0 Å². The first-order valence-electron chi connectivity index (χ1n) is 18.5. The van der Waals surface area contributed by atoms with E-state index in [1.807, 2.05) is 137 Å². The molecular weight excluding hydrogens is 994 g/mol. The van der Waals surface area contributed by atoms with Crippen LogP contribution in [0.2, 0.25) is 137 Å². The summed E-state index contributed by atoms with van der Waals surface area (Å²) >= 11 is 0. The molecule has 0 unspecified atom stereocenters. The quantitative estimate of drug-likeness (QED) is 0.235. The van der Waals surface area contributed by atoms with Gasteiger partial charge in [-0.25, -0.2) is 0 Å². The largest absolute Gasteiger partial charge is 0.659 e. The van der Waals surface area contributed by atoms with Gasteiger partial charge >= 0.3 is 72.4 Å². The molecule has 0 aromatic carbocycles. The summed E-state index contributed by atoms with van der Waals surface area (Å²) in [5.41, 5.74) is 0. The van der Waals surface area contributed by atoms with Gasteiger partial charge in [-0.1, -0.05) is 0 Å². The highest BCUT2D eigenvalue weighted by Gasteiger charge is 2.91. The average Bonchev–Trinajstić information content (AvgIpc) is 2.69. The first-order valence-corrected chi connectivity index (χ1v) is 55.4. The van der Waals surface area contributed by atoms with Crippen molar-refractivity contribution in [2.75, 3.05) is 0 Å². The van der Waals surface area contributed by atoms with E-state index in [-0.39, 0.29) is 0 Å². The van der Waals surface area contributed by atoms with E-state index >= 15 is 0 Å². The molecule has 0 radical (unpaired) electrons. The van der Waals surface area contributed by atoms with Gasteiger partial charge < -0.3 is 83.0 Å². The molecule has 328 valence electrons. The number of rotatable bonds is 14. The maximum Gasteiger partial charge on any atom is 0.659 e. The predicted molar refractivity (Wildman–Crippen MR) is 232 cm³/mol. The minimum Gasteiger partial charge on any atom is -0.396 e. The van der Waals surface area contributed by atoms with Gasteiger partial charge in [-0.3, -0.25) is 0 Å². The smallest absolute Gasteiger partial charge is 0.396 e. The molecule has 0 aromatic rings. The zero-order chi connectivity index (χ0) is 42.9. The van der Waals surface area contributed by atoms with Crippen LogP contribution in [0.4, 0.5) is 0 Å². The molecule has 6 heterocycles. The Labute approximate surface area is 348 Å². The lowest BCUT2D eigenvalue weighted by Gasteiger charge is -2.60. The normalized spacial score (nSPS) is 41.2. The van der Waals surface area contributed by atoms with Gasteiger partial charge in [0, 0.05) is 0 Å². The topological polar surface area (TPSA) is 196 Å². The van der Waals surface area contributed by atoms with Gasteiger partial charge in [-0.05, 0) is 137 Å². The van der Waals surface area contributed by atoms with E-state index in [9.17, 15) is 4.80 Å². The first kappa shape index (κ1) is 49.5. The summed E-state index contributed by atoms with van der Waals surface area (Å²) in [6.45, 7) is 39.9. The van der Waals surface area contributed by atoms with E-state index in [2.05, 4.69) is 0 Å². The average molecular weight is 1060 g/mol. The highest BCUT2D eigenvalue weighted by Crippen LogP contribution is 2.52. The van der Waals surface area contributed by atoms with Gasteiger partial charge in [-0.2, -0.15) is 0 Å². The first-order chi connectivity index (χ1) is 24.4. The molecule has 0 aromatic heterocycles. The molecule has 1 N–H and O–H groups in total. The van der Waals surface area contributed by atoms with Crippen molar-refractivity contribution < 1.29 is 83.0 Å². The molecule has 0 spiro atoms. The van der Waals surface area contributed by atoms with Crippen molar-refractivity contribution in [3.05, 3.63) is 0 Å². The van der Waals surface area contributed by atoms with Crippen molar-refractivity contribution in [1.82, 2.24) is 0 Å². The fraction of sp³-hybridized carbons (Fsp3) is 1.00. The summed E-state index contributed by atoms with van der Waals surface area (Å²) in [6, 6.07) is 0. The van der Waals surface area contributed by atoms with Gasteiger partial charge in [0.2, 0.25) is 0 Å². The van der Waals surface area contributed by atoms with Crippen molar-refractivity contribution in [2.45, 2.75) is 137 Å². The Morgan fingerprint density at radius 3 is 0.446 bits per heavy atom. The highest BCUT2D eigenvalue weighted by molar-refractivity contribution is 7.03. The summed E-state index contributed by atoms with van der Waals surface area (Å²) < 4.78 is 132. The summed E-state index contributed by atoms with van der Waals surface area (Å²) in [5.74, 6) is 0. The summed E-state index contributed by atoms with van der Waals surface area (Å²) in [5, 5.41) is 0. The molecule has 6 saturated heterocycles. The van der Waals surface area contributed by atoms with Crippen LogP contribution in [0.25, 0.3) is 0 Å². The molecule has 35 heteroatoms. The second kappa shape index (κ2) is 14.7. The van der Waals surface area contributed by atoms with Crippen LogP contribution in [0.5, 0.6) is 0 Å². The molecule has 6 fully saturated rings. The maximum absolute atomic E-state index is 12.9. The van der Waals surface area contributed by atoms with Gasteiger partial charge in [-0.15, -0.1) is 0 Å². The van der Waals surface area contributed by atoms with Gasteiger partial charge in [0.15, 0.2) is 58.2 Å². The second-order valence-corrected chi connectivity index (χ2v) is 73.9. The molecule has 0 amide bonds. The molecule has 56 heavy (non-hydrogen) atoms. The molecule has 0 aliphatic carbocycles. The fourth-order valence-electron chi connectivity index (χ4n) is 5.41. The predicted octanol–water partition coefficient (Wildman–Crippen LogP) is 4.69. The van der Waals surface area contributed by atoms with Gasteiger partial charge in [0.05, 0.1) is 0 Å². The Balaban J connectivity index is 2.02. The third kappa shape index (κ3) is 12.8. The molecule has 6 aliphatic rings. The monoisotopic (exact) mass is 1060 g/mol. The fourth-order valence-corrected chi connectivity index (χ4v) is 65.6. The molecular formula is C21H64O20Si15. The summed E-state index contributed by atoms with van der Waals surface area (Å²) in [7, 11) is -60.4. The zero-order valence-corrected chi connectivity index (χ0v) is 51.7. The number of hydrogen-bond donors (Lipinski definition) is 1. The molecule has 6 rings (SSSR count). The lowest BCUT2D eigenvalue weighted by atomic mass is 11.8. The van der Waals surface area contributed by atoms with Crippen LogP contribution in [-0.4, -0.2) is 135 Å². The van der Waals surface area contributed by atoms with E-state index in [4.69, 9.17) is 78.2 Å². The third-order valence-electron chi connectivity index (χ3n) is 6.03. The standard InChI is InChI=1S/C21H64O20Si15/c1-42(2,3)23-50-30-49(22)31-51(24-43(4,5)6)35-53(33-50,26-45(10,11)12)39-56(29-48(19,20)21)40-54(34-50,27-46(13,14)15)36-52(32-49,25-44(7,8)9)38-55(37-51,41-56)28-47(16,17)18/h22H,1-21H3. The van der Waals surface area contributed by atoms with Crippen LogP contribution in [0.3, 0.4) is 0 Å². The lowest BCUT2D eigenvalue weighted by Crippen LogP contribution is -2.92. The van der Waals surface area contributed by atoms with E-state index in [1.165, 1.54) is 0 Å². The number of hydrogen-bond acceptors (Lipinski definition) is 20. The summed E-state index contributed by atoms with van der Waals surface area (Å²) in [4.78, 5) is 12.9. The Morgan fingerprint density at radius 2 is 0.339 bits per heavy atom. The van der Waals surface area contributed by atoms with Crippen LogP contribution in [0, 0.1) is 0 Å². The van der Waals surface area contributed by atoms with Crippen LogP contribution >= 0.6 is 0 Å². The lowest BCUT2D eigenvalue weighted by molar-refractivity contribution is -0.130. The minimum absolute atomic E-state index is 1.88. The van der Waals surface area contributed by atoms with E-state index in [0.717, 1.165) is 0 Å². The Bertz CT molecular complexity index is 1310. The third-order valence-corrected chi connectivity index (χ3v) is 54.3.